The summed E-state index contributed by atoms with van der Waals surface area (Å²) in [6.45, 7) is 3.44. The molecule has 0 unspecified atom stereocenters. The number of rotatable bonds is 5. The van der Waals surface area contributed by atoms with Gasteiger partial charge in [-0.3, -0.25) is 4.79 Å². The highest BCUT2D eigenvalue weighted by atomic mass is 32.2. The van der Waals surface area contributed by atoms with Crippen molar-refractivity contribution in [3.8, 4) is 0 Å². The van der Waals surface area contributed by atoms with Crippen molar-refractivity contribution in [3.63, 3.8) is 0 Å². The Kier molecular flexibility index (Phi) is 5.36. The summed E-state index contributed by atoms with van der Waals surface area (Å²) < 4.78 is 25.4. The van der Waals surface area contributed by atoms with Crippen LogP contribution in [0.25, 0.3) is 0 Å². The Bertz CT molecular complexity index is 593. The minimum Gasteiger partial charge on any atom is -0.339 e. The number of benzene rings is 1. The third kappa shape index (κ3) is 4.54. The van der Waals surface area contributed by atoms with Crippen LogP contribution in [-0.4, -0.2) is 38.1 Å². The first-order valence-corrected chi connectivity index (χ1v) is 9.02. The maximum absolute atomic E-state index is 12.4. The fourth-order valence-electron chi connectivity index (χ4n) is 2.39. The second-order valence-electron chi connectivity index (χ2n) is 5.28. The van der Waals surface area contributed by atoms with Gasteiger partial charge in [0.25, 0.3) is 5.91 Å². The molecule has 0 atom stereocenters. The molecule has 0 aliphatic carbocycles. The SMILES string of the molecule is CCS(=O)(=O)NCc1cccc(C(=O)N2CCCCC2)c1. The molecule has 1 aromatic rings. The van der Waals surface area contributed by atoms with Gasteiger partial charge in [0.2, 0.25) is 10.0 Å². The molecule has 0 aromatic heterocycles. The molecular formula is C15H22N2O3S. The Hall–Kier alpha value is -1.40. The van der Waals surface area contributed by atoms with Crippen LogP contribution in [0.2, 0.25) is 0 Å². The van der Waals surface area contributed by atoms with Gasteiger partial charge in [-0.15, -0.1) is 0 Å². The molecule has 5 nitrogen and oxygen atoms in total. The summed E-state index contributed by atoms with van der Waals surface area (Å²) in [5.41, 5.74) is 1.43. The number of piperidine rings is 1. The molecule has 1 heterocycles. The fourth-order valence-corrected chi connectivity index (χ4v) is 2.98. The summed E-state index contributed by atoms with van der Waals surface area (Å²) in [6.07, 6.45) is 3.30. The van der Waals surface area contributed by atoms with Crippen LogP contribution >= 0.6 is 0 Å². The molecule has 1 aliphatic heterocycles. The molecule has 6 heteroatoms. The van der Waals surface area contributed by atoms with Crippen molar-refractivity contribution < 1.29 is 13.2 Å². The van der Waals surface area contributed by atoms with E-state index in [-0.39, 0.29) is 18.2 Å². The van der Waals surface area contributed by atoms with Gasteiger partial charge >= 0.3 is 0 Å². The first-order chi connectivity index (χ1) is 10.0. The van der Waals surface area contributed by atoms with E-state index in [9.17, 15) is 13.2 Å². The zero-order valence-corrected chi connectivity index (χ0v) is 13.2. The van der Waals surface area contributed by atoms with Crippen LogP contribution in [0, 0.1) is 0 Å². The number of carbonyl (C=O) groups excluding carboxylic acids is 1. The second-order valence-corrected chi connectivity index (χ2v) is 7.37. The van der Waals surface area contributed by atoms with E-state index in [1.807, 2.05) is 11.0 Å². The number of nitrogens with zero attached hydrogens (tertiary/aromatic N) is 1. The Morgan fingerprint density at radius 3 is 2.62 bits per heavy atom. The maximum Gasteiger partial charge on any atom is 0.253 e. The summed E-state index contributed by atoms with van der Waals surface area (Å²) in [4.78, 5) is 14.3. The van der Waals surface area contributed by atoms with E-state index in [1.165, 1.54) is 6.42 Å². The molecule has 2 rings (SSSR count). The van der Waals surface area contributed by atoms with E-state index in [1.54, 1.807) is 25.1 Å². The third-order valence-corrected chi connectivity index (χ3v) is 5.04. The lowest BCUT2D eigenvalue weighted by atomic mass is 10.1. The molecule has 1 saturated heterocycles. The molecule has 0 spiro atoms. The van der Waals surface area contributed by atoms with E-state index >= 15 is 0 Å². The summed E-state index contributed by atoms with van der Waals surface area (Å²) >= 11 is 0. The highest BCUT2D eigenvalue weighted by molar-refractivity contribution is 7.89. The third-order valence-electron chi connectivity index (χ3n) is 3.69. The topological polar surface area (TPSA) is 66.5 Å². The Morgan fingerprint density at radius 2 is 1.95 bits per heavy atom. The van der Waals surface area contributed by atoms with E-state index in [4.69, 9.17) is 0 Å². The van der Waals surface area contributed by atoms with E-state index < -0.39 is 10.0 Å². The van der Waals surface area contributed by atoms with E-state index in [0.717, 1.165) is 31.5 Å². The molecule has 1 aromatic carbocycles. The number of nitrogens with one attached hydrogen (secondary N) is 1. The molecule has 1 aliphatic rings. The molecular weight excluding hydrogens is 288 g/mol. The maximum atomic E-state index is 12.4. The van der Waals surface area contributed by atoms with E-state index in [0.29, 0.717) is 5.56 Å². The van der Waals surface area contributed by atoms with Gasteiger partial charge in [0.05, 0.1) is 5.75 Å². The first-order valence-electron chi connectivity index (χ1n) is 7.37. The molecule has 0 bridgehead atoms. The number of hydrogen-bond donors (Lipinski definition) is 1. The average Bonchev–Trinajstić information content (AvgIpc) is 2.53. The van der Waals surface area contributed by atoms with Crippen molar-refractivity contribution in [2.24, 2.45) is 0 Å². The quantitative estimate of drug-likeness (QED) is 0.901. The van der Waals surface area contributed by atoms with Crippen LogP contribution in [0.3, 0.4) is 0 Å². The van der Waals surface area contributed by atoms with Gasteiger partial charge in [0.15, 0.2) is 0 Å². The Labute approximate surface area is 126 Å². The lowest BCUT2D eigenvalue weighted by molar-refractivity contribution is 0.0724. The monoisotopic (exact) mass is 310 g/mol. The van der Waals surface area contributed by atoms with Crippen LogP contribution < -0.4 is 4.72 Å². The van der Waals surface area contributed by atoms with Crippen LogP contribution in [-0.2, 0) is 16.6 Å². The van der Waals surface area contributed by atoms with Crippen LogP contribution in [0.1, 0.15) is 42.1 Å². The van der Waals surface area contributed by atoms with Gasteiger partial charge in [0, 0.05) is 25.2 Å². The van der Waals surface area contributed by atoms with Gasteiger partial charge in [-0.1, -0.05) is 12.1 Å². The Balaban J connectivity index is 2.04. The smallest absolute Gasteiger partial charge is 0.253 e. The van der Waals surface area contributed by atoms with Gasteiger partial charge < -0.3 is 4.90 Å². The normalized spacial score (nSPS) is 16.0. The van der Waals surface area contributed by atoms with Crippen molar-refractivity contribution in [2.75, 3.05) is 18.8 Å². The molecule has 21 heavy (non-hydrogen) atoms. The van der Waals surface area contributed by atoms with Gasteiger partial charge in [-0.05, 0) is 43.9 Å². The zero-order chi connectivity index (χ0) is 15.3. The first kappa shape index (κ1) is 16.0. The second kappa shape index (κ2) is 7.04. The van der Waals surface area contributed by atoms with Crippen molar-refractivity contribution in [2.45, 2.75) is 32.7 Å². The molecule has 1 N–H and O–H groups in total. The molecule has 0 radical (unpaired) electrons. The van der Waals surface area contributed by atoms with Gasteiger partial charge in [-0.25, -0.2) is 13.1 Å². The largest absolute Gasteiger partial charge is 0.339 e. The minimum atomic E-state index is -3.22. The van der Waals surface area contributed by atoms with Gasteiger partial charge in [-0.2, -0.15) is 0 Å². The summed E-state index contributed by atoms with van der Waals surface area (Å²) in [5.74, 6) is 0.0919. The Morgan fingerprint density at radius 1 is 1.24 bits per heavy atom. The van der Waals surface area contributed by atoms with Crippen LogP contribution in [0.15, 0.2) is 24.3 Å². The standard InChI is InChI=1S/C15H22N2O3S/c1-2-21(19,20)16-12-13-7-6-8-14(11-13)15(18)17-9-4-3-5-10-17/h6-8,11,16H,2-5,9-10,12H2,1H3. The van der Waals surface area contributed by atoms with Crippen molar-refractivity contribution in [3.05, 3.63) is 35.4 Å². The molecule has 0 saturated carbocycles. The number of amides is 1. The summed E-state index contributed by atoms with van der Waals surface area (Å²) in [5, 5.41) is 0. The summed E-state index contributed by atoms with van der Waals surface area (Å²) in [6, 6.07) is 7.18. The highest BCUT2D eigenvalue weighted by Gasteiger charge is 2.18. The molecule has 1 fully saturated rings. The number of hydrogen-bond acceptors (Lipinski definition) is 3. The number of carbonyl (C=O) groups is 1. The predicted molar refractivity (Wildman–Crippen MR) is 82.5 cm³/mol. The molecule has 116 valence electrons. The number of sulfonamides is 1. The van der Waals surface area contributed by atoms with Crippen molar-refractivity contribution >= 4 is 15.9 Å². The van der Waals surface area contributed by atoms with Gasteiger partial charge in [0.1, 0.15) is 0 Å². The van der Waals surface area contributed by atoms with Crippen molar-refractivity contribution in [1.29, 1.82) is 0 Å². The van der Waals surface area contributed by atoms with Crippen LogP contribution in [0.4, 0.5) is 0 Å². The number of likely N-dealkylation sites (tertiary alicyclic amines) is 1. The fraction of sp³-hybridized carbons (Fsp3) is 0.533. The lowest BCUT2D eigenvalue weighted by Gasteiger charge is -2.26. The lowest BCUT2D eigenvalue weighted by Crippen LogP contribution is -2.35. The van der Waals surface area contributed by atoms with Crippen molar-refractivity contribution in [1.82, 2.24) is 9.62 Å². The molecule has 1 amide bonds. The predicted octanol–water partition coefficient (Wildman–Crippen LogP) is 1.75. The highest BCUT2D eigenvalue weighted by Crippen LogP contribution is 2.14. The zero-order valence-electron chi connectivity index (χ0n) is 12.3. The minimum absolute atomic E-state index is 0.0369. The average molecular weight is 310 g/mol. The summed E-state index contributed by atoms with van der Waals surface area (Å²) in [7, 11) is -3.22. The van der Waals surface area contributed by atoms with E-state index in [2.05, 4.69) is 4.72 Å². The van der Waals surface area contributed by atoms with Crippen LogP contribution in [0.5, 0.6) is 0 Å².